The number of nitrogens with one attached hydrogen (secondary N) is 1. The second-order valence-electron chi connectivity index (χ2n) is 5.03. The van der Waals surface area contributed by atoms with Gasteiger partial charge in [-0.2, -0.15) is 0 Å². The molecule has 1 aliphatic rings. The van der Waals surface area contributed by atoms with Crippen LogP contribution in [0.4, 0.5) is 10.5 Å². The maximum absolute atomic E-state index is 12.2. The van der Waals surface area contributed by atoms with E-state index in [-0.39, 0.29) is 6.03 Å². The number of carbonyl (C=O) groups is 1. The van der Waals surface area contributed by atoms with Crippen molar-refractivity contribution < 1.29 is 4.79 Å². The molecule has 1 aromatic carbocycles. The lowest BCUT2D eigenvalue weighted by Gasteiger charge is -2.24. The SMILES string of the molecule is C=Cc1ccc(NC(=O)N2CCC[C@H]2CCC)cc1. The summed E-state index contributed by atoms with van der Waals surface area (Å²) in [6, 6.07) is 8.19. The first kappa shape index (κ1) is 13.7. The first-order valence-corrected chi connectivity index (χ1v) is 7.04. The Hall–Kier alpha value is -1.77. The molecule has 1 saturated heterocycles. The van der Waals surface area contributed by atoms with E-state index >= 15 is 0 Å². The molecule has 102 valence electrons. The van der Waals surface area contributed by atoms with E-state index in [9.17, 15) is 4.79 Å². The van der Waals surface area contributed by atoms with Gasteiger partial charge in [-0.05, 0) is 37.0 Å². The fraction of sp³-hybridized carbons (Fsp3) is 0.438. The molecule has 0 aliphatic carbocycles. The van der Waals surface area contributed by atoms with Gasteiger partial charge in [0.05, 0.1) is 0 Å². The van der Waals surface area contributed by atoms with Gasteiger partial charge in [-0.25, -0.2) is 4.79 Å². The van der Waals surface area contributed by atoms with Crippen LogP contribution in [0.3, 0.4) is 0 Å². The Balaban J connectivity index is 1.97. The Bertz CT molecular complexity index is 439. The largest absolute Gasteiger partial charge is 0.322 e. The molecular weight excluding hydrogens is 236 g/mol. The van der Waals surface area contributed by atoms with Gasteiger partial charge in [-0.3, -0.25) is 0 Å². The Kier molecular flexibility index (Phi) is 4.61. The van der Waals surface area contributed by atoms with E-state index in [1.165, 1.54) is 0 Å². The number of likely N-dealkylation sites (tertiary alicyclic amines) is 1. The third-order valence-corrected chi connectivity index (χ3v) is 3.66. The van der Waals surface area contributed by atoms with Gasteiger partial charge < -0.3 is 10.2 Å². The van der Waals surface area contributed by atoms with E-state index in [1.54, 1.807) is 6.08 Å². The van der Waals surface area contributed by atoms with Gasteiger partial charge in [0.25, 0.3) is 0 Å². The molecule has 1 fully saturated rings. The zero-order chi connectivity index (χ0) is 13.7. The molecule has 1 aromatic rings. The van der Waals surface area contributed by atoms with E-state index in [0.29, 0.717) is 6.04 Å². The summed E-state index contributed by atoms with van der Waals surface area (Å²) in [5.74, 6) is 0. The minimum atomic E-state index is 0.0299. The number of hydrogen-bond donors (Lipinski definition) is 1. The van der Waals surface area contributed by atoms with E-state index in [2.05, 4.69) is 18.8 Å². The van der Waals surface area contributed by atoms with E-state index < -0.39 is 0 Å². The Morgan fingerprint density at radius 1 is 1.47 bits per heavy atom. The van der Waals surface area contributed by atoms with Gasteiger partial charge in [-0.1, -0.05) is 38.1 Å². The molecule has 0 bridgehead atoms. The maximum Gasteiger partial charge on any atom is 0.322 e. The lowest BCUT2D eigenvalue weighted by molar-refractivity contribution is 0.203. The molecule has 3 heteroatoms. The topological polar surface area (TPSA) is 32.3 Å². The molecule has 0 radical (unpaired) electrons. The molecule has 1 N–H and O–H groups in total. The van der Waals surface area contributed by atoms with Crippen molar-refractivity contribution in [2.24, 2.45) is 0 Å². The third-order valence-electron chi connectivity index (χ3n) is 3.66. The van der Waals surface area contributed by atoms with Crippen LogP contribution < -0.4 is 5.32 Å². The second kappa shape index (κ2) is 6.41. The van der Waals surface area contributed by atoms with Crippen LogP contribution in [0.2, 0.25) is 0 Å². The summed E-state index contributed by atoms with van der Waals surface area (Å²) >= 11 is 0. The molecule has 2 amide bonds. The third kappa shape index (κ3) is 3.37. The quantitative estimate of drug-likeness (QED) is 0.865. The van der Waals surface area contributed by atoms with E-state index in [1.807, 2.05) is 29.2 Å². The van der Waals surface area contributed by atoms with Crippen molar-refractivity contribution in [3.8, 4) is 0 Å². The molecule has 19 heavy (non-hydrogen) atoms. The Morgan fingerprint density at radius 3 is 2.84 bits per heavy atom. The van der Waals surface area contributed by atoms with Gasteiger partial charge in [0.1, 0.15) is 0 Å². The van der Waals surface area contributed by atoms with Gasteiger partial charge in [0.2, 0.25) is 0 Å². The summed E-state index contributed by atoms with van der Waals surface area (Å²) in [5.41, 5.74) is 1.90. The fourth-order valence-electron chi connectivity index (χ4n) is 2.63. The van der Waals surface area contributed by atoms with Gasteiger partial charge in [0.15, 0.2) is 0 Å². The van der Waals surface area contributed by atoms with Crippen LogP contribution in [0.15, 0.2) is 30.8 Å². The van der Waals surface area contributed by atoms with E-state index in [0.717, 1.165) is 43.5 Å². The monoisotopic (exact) mass is 258 g/mol. The summed E-state index contributed by atoms with van der Waals surface area (Å²) in [5, 5.41) is 2.98. The number of rotatable bonds is 4. The van der Waals surface area contributed by atoms with Gasteiger partial charge in [-0.15, -0.1) is 0 Å². The molecule has 3 nitrogen and oxygen atoms in total. The lowest BCUT2D eigenvalue weighted by atomic mass is 10.1. The molecule has 0 saturated carbocycles. The highest BCUT2D eigenvalue weighted by Gasteiger charge is 2.27. The summed E-state index contributed by atoms with van der Waals surface area (Å²) in [6.07, 6.45) is 6.28. The number of nitrogens with zero attached hydrogens (tertiary/aromatic N) is 1. The number of anilines is 1. The predicted molar refractivity (Wildman–Crippen MR) is 80.2 cm³/mol. The number of amides is 2. The average Bonchev–Trinajstić information content (AvgIpc) is 2.88. The zero-order valence-corrected chi connectivity index (χ0v) is 11.6. The molecule has 1 heterocycles. The van der Waals surface area contributed by atoms with Crippen LogP contribution in [0.25, 0.3) is 6.08 Å². The molecule has 2 rings (SSSR count). The van der Waals surface area contributed by atoms with Crippen LogP contribution >= 0.6 is 0 Å². The van der Waals surface area contributed by atoms with Crippen LogP contribution in [0, 0.1) is 0 Å². The molecule has 1 aliphatic heterocycles. The van der Waals surface area contributed by atoms with Crippen LogP contribution in [-0.2, 0) is 0 Å². The summed E-state index contributed by atoms with van der Waals surface area (Å²) in [4.78, 5) is 14.2. The molecule has 0 spiro atoms. The lowest BCUT2D eigenvalue weighted by Crippen LogP contribution is -2.38. The van der Waals surface area contributed by atoms with Crippen molar-refractivity contribution in [2.75, 3.05) is 11.9 Å². The minimum Gasteiger partial charge on any atom is -0.322 e. The first-order chi connectivity index (χ1) is 9.24. The van der Waals surface area contributed by atoms with Crippen molar-refractivity contribution in [1.29, 1.82) is 0 Å². The van der Waals surface area contributed by atoms with Crippen molar-refractivity contribution in [3.05, 3.63) is 36.4 Å². The van der Waals surface area contributed by atoms with Gasteiger partial charge >= 0.3 is 6.03 Å². The maximum atomic E-state index is 12.2. The normalized spacial score (nSPS) is 18.4. The highest BCUT2D eigenvalue weighted by molar-refractivity contribution is 5.89. The van der Waals surface area contributed by atoms with Crippen molar-refractivity contribution in [1.82, 2.24) is 4.90 Å². The first-order valence-electron chi connectivity index (χ1n) is 7.04. The molecule has 0 unspecified atom stereocenters. The van der Waals surface area contributed by atoms with Crippen molar-refractivity contribution >= 4 is 17.8 Å². The Morgan fingerprint density at radius 2 is 2.21 bits per heavy atom. The summed E-state index contributed by atoms with van der Waals surface area (Å²) < 4.78 is 0. The van der Waals surface area contributed by atoms with Gasteiger partial charge in [0, 0.05) is 18.3 Å². The molecule has 0 aromatic heterocycles. The fourth-order valence-corrected chi connectivity index (χ4v) is 2.63. The molecule has 1 atom stereocenters. The number of hydrogen-bond acceptors (Lipinski definition) is 1. The zero-order valence-electron chi connectivity index (χ0n) is 11.6. The van der Waals surface area contributed by atoms with Crippen molar-refractivity contribution in [3.63, 3.8) is 0 Å². The van der Waals surface area contributed by atoms with Crippen molar-refractivity contribution in [2.45, 2.75) is 38.6 Å². The standard InChI is InChI=1S/C16H22N2O/c1-3-6-15-7-5-12-18(15)16(19)17-14-10-8-13(4-2)9-11-14/h4,8-11,15H,2-3,5-7,12H2,1H3,(H,17,19)/t15-/m1/s1. The number of benzene rings is 1. The Labute approximate surface area is 115 Å². The van der Waals surface area contributed by atoms with Crippen LogP contribution in [0.1, 0.15) is 38.2 Å². The second-order valence-corrected chi connectivity index (χ2v) is 5.03. The number of carbonyl (C=O) groups excluding carboxylic acids is 1. The summed E-state index contributed by atoms with van der Waals surface area (Å²) in [7, 11) is 0. The van der Waals surface area contributed by atoms with Crippen LogP contribution in [-0.4, -0.2) is 23.5 Å². The highest BCUT2D eigenvalue weighted by Crippen LogP contribution is 2.22. The van der Waals surface area contributed by atoms with E-state index in [4.69, 9.17) is 0 Å². The average molecular weight is 258 g/mol. The smallest absolute Gasteiger partial charge is 0.322 e. The molecular formula is C16H22N2O. The summed E-state index contributed by atoms with van der Waals surface area (Å²) in [6.45, 7) is 6.76. The van der Waals surface area contributed by atoms with Crippen LogP contribution in [0.5, 0.6) is 0 Å². The number of urea groups is 1. The predicted octanol–water partition coefficient (Wildman–Crippen LogP) is 4.13. The minimum absolute atomic E-state index is 0.0299. The highest BCUT2D eigenvalue weighted by atomic mass is 16.2.